The van der Waals surface area contributed by atoms with Crippen LogP contribution in [0.3, 0.4) is 0 Å². The predicted octanol–water partition coefficient (Wildman–Crippen LogP) is 5.30. The zero-order chi connectivity index (χ0) is 27.1. The fourth-order valence-corrected chi connectivity index (χ4v) is 4.26. The number of carbonyl (C=O) groups is 2. The summed E-state index contributed by atoms with van der Waals surface area (Å²) in [4.78, 5) is 28.8. The van der Waals surface area contributed by atoms with Crippen molar-refractivity contribution in [2.45, 2.75) is 24.3 Å². The maximum Gasteiger partial charge on any atom is 0.237 e. The molecule has 2 amide bonds. The highest BCUT2D eigenvalue weighted by Gasteiger charge is 2.20. The molecule has 194 valence electrons. The van der Waals surface area contributed by atoms with E-state index in [2.05, 4.69) is 20.8 Å². The molecule has 3 aromatic carbocycles. The molecule has 0 aliphatic heterocycles. The van der Waals surface area contributed by atoms with Crippen molar-refractivity contribution < 1.29 is 19.1 Å². The lowest BCUT2D eigenvalue weighted by molar-refractivity contribution is -0.115. The van der Waals surface area contributed by atoms with E-state index in [0.717, 1.165) is 22.6 Å². The Morgan fingerprint density at radius 2 is 1.24 bits per heavy atom. The molecule has 0 fully saturated rings. The SMILES string of the molecule is COc1ccc(-c2nnc(SC(C)C(=O)Nc3ccc(NC(C)=O)cc3)nc2-c2ccc(OC)cc2)cc1. The number of carbonyl (C=O) groups excluding carboxylic acids is 2. The third kappa shape index (κ3) is 6.65. The van der Waals surface area contributed by atoms with E-state index >= 15 is 0 Å². The van der Waals surface area contributed by atoms with Crippen molar-refractivity contribution in [3.05, 3.63) is 72.8 Å². The summed E-state index contributed by atoms with van der Waals surface area (Å²) in [5.41, 5.74) is 4.19. The lowest BCUT2D eigenvalue weighted by Crippen LogP contribution is -2.22. The van der Waals surface area contributed by atoms with E-state index in [4.69, 9.17) is 14.5 Å². The topological polar surface area (TPSA) is 115 Å². The normalized spacial score (nSPS) is 11.4. The van der Waals surface area contributed by atoms with Crippen molar-refractivity contribution in [2.24, 2.45) is 0 Å². The predicted molar refractivity (Wildman–Crippen MR) is 148 cm³/mol. The van der Waals surface area contributed by atoms with Crippen LogP contribution >= 0.6 is 11.8 Å². The first-order valence-corrected chi connectivity index (χ1v) is 12.6. The molecule has 0 bridgehead atoms. The van der Waals surface area contributed by atoms with Gasteiger partial charge in [0, 0.05) is 29.4 Å². The molecule has 4 rings (SSSR count). The van der Waals surface area contributed by atoms with Gasteiger partial charge in [-0.05, 0) is 79.7 Å². The van der Waals surface area contributed by atoms with E-state index in [1.807, 2.05) is 48.5 Å². The number of methoxy groups -OCH3 is 2. The summed E-state index contributed by atoms with van der Waals surface area (Å²) in [5.74, 6) is 1.09. The smallest absolute Gasteiger partial charge is 0.237 e. The van der Waals surface area contributed by atoms with Crippen molar-refractivity contribution in [1.82, 2.24) is 15.2 Å². The van der Waals surface area contributed by atoms with Gasteiger partial charge in [0.15, 0.2) is 0 Å². The molecule has 38 heavy (non-hydrogen) atoms. The van der Waals surface area contributed by atoms with Gasteiger partial charge in [-0.15, -0.1) is 10.2 Å². The summed E-state index contributed by atoms with van der Waals surface area (Å²) in [6, 6.07) is 21.9. The first kappa shape index (κ1) is 26.6. The second-order valence-electron chi connectivity index (χ2n) is 8.26. The van der Waals surface area contributed by atoms with E-state index in [-0.39, 0.29) is 11.8 Å². The van der Waals surface area contributed by atoms with E-state index in [1.54, 1.807) is 45.4 Å². The van der Waals surface area contributed by atoms with Crippen LogP contribution in [0.2, 0.25) is 0 Å². The summed E-state index contributed by atoms with van der Waals surface area (Å²) in [7, 11) is 3.23. The minimum Gasteiger partial charge on any atom is -0.497 e. The molecule has 9 nitrogen and oxygen atoms in total. The molecular weight excluding hydrogens is 502 g/mol. The molecule has 0 radical (unpaired) electrons. The molecule has 0 aliphatic carbocycles. The Labute approximate surface area is 225 Å². The molecule has 1 unspecified atom stereocenters. The van der Waals surface area contributed by atoms with Crippen LogP contribution < -0.4 is 20.1 Å². The van der Waals surface area contributed by atoms with E-state index in [1.165, 1.54) is 18.7 Å². The minimum absolute atomic E-state index is 0.160. The van der Waals surface area contributed by atoms with Gasteiger partial charge in [-0.1, -0.05) is 11.8 Å². The van der Waals surface area contributed by atoms with Gasteiger partial charge in [0.2, 0.25) is 17.0 Å². The van der Waals surface area contributed by atoms with Crippen LogP contribution in [-0.4, -0.2) is 46.5 Å². The summed E-state index contributed by atoms with van der Waals surface area (Å²) in [6.07, 6.45) is 0. The van der Waals surface area contributed by atoms with Gasteiger partial charge in [0.25, 0.3) is 0 Å². The highest BCUT2D eigenvalue weighted by molar-refractivity contribution is 8.00. The molecule has 0 saturated heterocycles. The molecule has 0 spiro atoms. The highest BCUT2D eigenvalue weighted by atomic mass is 32.2. The zero-order valence-electron chi connectivity index (χ0n) is 21.4. The Hall–Kier alpha value is -4.44. The summed E-state index contributed by atoms with van der Waals surface area (Å²) < 4.78 is 10.6. The van der Waals surface area contributed by atoms with Crippen LogP contribution in [0.1, 0.15) is 13.8 Å². The van der Waals surface area contributed by atoms with Crippen LogP contribution in [0.5, 0.6) is 11.5 Å². The van der Waals surface area contributed by atoms with E-state index in [9.17, 15) is 9.59 Å². The van der Waals surface area contributed by atoms with E-state index in [0.29, 0.717) is 27.9 Å². The quantitative estimate of drug-likeness (QED) is 0.281. The zero-order valence-corrected chi connectivity index (χ0v) is 22.2. The number of hydrogen-bond acceptors (Lipinski definition) is 8. The summed E-state index contributed by atoms with van der Waals surface area (Å²) in [5, 5.41) is 14.2. The molecule has 4 aromatic rings. The number of thioether (sulfide) groups is 1. The number of nitrogens with zero attached hydrogens (tertiary/aromatic N) is 3. The van der Waals surface area contributed by atoms with Crippen LogP contribution in [0.25, 0.3) is 22.5 Å². The fourth-order valence-electron chi connectivity index (χ4n) is 3.55. The maximum absolute atomic E-state index is 12.9. The third-order valence-corrected chi connectivity index (χ3v) is 6.47. The molecule has 1 aromatic heterocycles. The fraction of sp³-hybridized carbons (Fsp3) is 0.179. The second kappa shape index (κ2) is 12.2. The molecule has 0 saturated carbocycles. The molecule has 1 heterocycles. The number of ether oxygens (including phenoxy) is 2. The van der Waals surface area contributed by atoms with Crippen molar-refractivity contribution in [3.63, 3.8) is 0 Å². The van der Waals surface area contributed by atoms with Crippen LogP contribution in [0.15, 0.2) is 78.0 Å². The monoisotopic (exact) mass is 529 g/mol. The lowest BCUT2D eigenvalue weighted by atomic mass is 10.0. The molecule has 10 heteroatoms. The number of hydrogen-bond donors (Lipinski definition) is 2. The van der Waals surface area contributed by atoms with Gasteiger partial charge in [0.05, 0.1) is 19.5 Å². The molecule has 2 N–H and O–H groups in total. The number of aromatic nitrogens is 3. The average Bonchev–Trinajstić information content (AvgIpc) is 2.94. The van der Waals surface area contributed by atoms with Gasteiger partial charge in [-0.2, -0.15) is 0 Å². The lowest BCUT2D eigenvalue weighted by Gasteiger charge is -2.13. The van der Waals surface area contributed by atoms with Crippen molar-refractivity contribution >= 4 is 35.0 Å². The van der Waals surface area contributed by atoms with E-state index < -0.39 is 5.25 Å². The highest BCUT2D eigenvalue weighted by Crippen LogP contribution is 2.32. The molecular formula is C28H27N5O4S. The second-order valence-corrected chi connectivity index (χ2v) is 9.56. The number of amides is 2. The maximum atomic E-state index is 12.9. The number of rotatable bonds is 9. The Morgan fingerprint density at radius 1 is 0.737 bits per heavy atom. The first-order chi connectivity index (χ1) is 18.4. The Balaban J connectivity index is 1.56. The first-order valence-electron chi connectivity index (χ1n) is 11.7. The van der Waals surface area contributed by atoms with Crippen molar-refractivity contribution in [3.8, 4) is 34.0 Å². The Bertz CT molecular complexity index is 1410. The average molecular weight is 530 g/mol. The van der Waals surface area contributed by atoms with Crippen molar-refractivity contribution in [2.75, 3.05) is 24.9 Å². The number of nitrogens with one attached hydrogen (secondary N) is 2. The van der Waals surface area contributed by atoms with Crippen LogP contribution in [-0.2, 0) is 9.59 Å². The van der Waals surface area contributed by atoms with Gasteiger partial charge < -0.3 is 20.1 Å². The van der Waals surface area contributed by atoms with Gasteiger partial charge >= 0.3 is 0 Å². The largest absolute Gasteiger partial charge is 0.497 e. The Morgan fingerprint density at radius 3 is 1.74 bits per heavy atom. The van der Waals surface area contributed by atoms with Crippen LogP contribution in [0.4, 0.5) is 11.4 Å². The molecule has 0 aliphatic rings. The standard InChI is InChI=1S/C28H27N5O4S/c1-17(27(35)30-22-11-9-21(10-12-22)29-18(2)34)38-28-31-25(19-5-13-23(36-3)14-6-19)26(32-33-28)20-7-15-24(37-4)16-8-20/h5-17H,1-4H3,(H,29,34)(H,30,35). The van der Waals surface area contributed by atoms with Crippen molar-refractivity contribution in [1.29, 1.82) is 0 Å². The van der Waals surface area contributed by atoms with Gasteiger partial charge in [-0.3, -0.25) is 9.59 Å². The summed E-state index contributed by atoms with van der Waals surface area (Å²) >= 11 is 1.21. The van der Waals surface area contributed by atoms with Gasteiger partial charge in [0.1, 0.15) is 22.9 Å². The summed E-state index contributed by atoms with van der Waals surface area (Å²) in [6.45, 7) is 3.22. The number of benzene rings is 3. The number of anilines is 2. The molecule has 1 atom stereocenters. The minimum atomic E-state index is -0.498. The Kier molecular flexibility index (Phi) is 8.55. The van der Waals surface area contributed by atoms with Crippen LogP contribution in [0, 0.1) is 0 Å². The van der Waals surface area contributed by atoms with Gasteiger partial charge in [-0.25, -0.2) is 4.98 Å². The third-order valence-electron chi connectivity index (χ3n) is 5.52.